The van der Waals surface area contributed by atoms with Gasteiger partial charge in [-0.2, -0.15) is 0 Å². The summed E-state index contributed by atoms with van der Waals surface area (Å²) >= 11 is 0. The van der Waals surface area contributed by atoms with Gasteiger partial charge >= 0.3 is 0 Å². The summed E-state index contributed by atoms with van der Waals surface area (Å²) in [5.41, 5.74) is 2.10. The van der Waals surface area contributed by atoms with Crippen molar-refractivity contribution < 1.29 is 20.1 Å². The lowest BCUT2D eigenvalue weighted by Crippen LogP contribution is -2.24. The zero-order valence-corrected chi connectivity index (χ0v) is 21.6. The summed E-state index contributed by atoms with van der Waals surface area (Å²) in [6, 6.07) is 3.60. The van der Waals surface area contributed by atoms with E-state index in [-0.39, 0.29) is 58.4 Å². The molecule has 178 valence electrons. The number of carbonyl (C=O) groups excluding carboxylic acids is 1. The lowest BCUT2D eigenvalue weighted by molar-refractivity contribution is 0.0969. The van der Waals surface area contributed by atoms with E-state index in [4.69, 9.17) is 5.11 Å². The highest BCUT2D eigenvalue weighted by Gasteiger charge is 2.28. The fourth-order valence-corrected chi connectivity index (χ4v) is 3.30. The number of aliphatic hydroxyl groups is 2. The molecule has 0 amide bonds. The Balaban J connectivity index is 0.00000512. The number of nitrogens with one attached hydrogen (secondary N) is 1. The molecular formula is C25H37BrN2O4. The van der Waals surface area contributed by atoms with E-state index in [0.29, 0.717) is 24.1 Å². The standard InChI is InChI=1S/C25H36N2O4.BrH/c1-24(2,3)19-14-18(15-20(22(19)30)25(4,5)6)21(29)16-27-11-8-17(9-12-27)23(31)26-10-7-13-28;/h8-9,11-12,14-15,26,28,30-31H,7,10,13,16H2,1-6H3;1H. The van der Waals surface area contributed by atoms with E-state index in [1.54, 1.807) is 41.6 Å². The molecule has 0 spiro atoms. The SMILES string of the molecule is Br.CC(C)(C)c1cc(C(=O)CN2C=CC(=C(O)NCCCO)C=C2)cc(C(C)(C)C)c1O. The van der Waals surface area contributed by atoms with Gasteiger partial charge in [0.1, 0.15) is 5.75 Å². The lowest BCUT2D eigenvalue weighted by Gasteiger charge is -2.28. The summed E-state index contributed by atoms with van der Waals surface area (Å²) in [4.78, 5) is 14.8. The minimum Gasteiger partial charge on any atom is -0.507 e. The van der Waals surface area contributed by atoms with Crippen molar-refractivity contribution in [3.05, 3.63) is 64.8 Å². The van der Waals surface area contributed by atoms with Crippen molar-refractivity contribution in [3.8, 4) is 5.75 Å². The van der Waals surface area contributed by atoms with Crippen LogP contribution in [0.3, 0.4) is 0 Å². The second-order valence-electron chi connectivity index (χ2n) is 9.95. The number of benzene rings is 1. The molecule has 1 aromatic carbocycles. The topological polar surface area (TPSA) is 93.0 Å². The van der Waals surface area contributed by atoms with Crippen LogP contribution in [0.4, 0.5) is 0 Å². The normalized spacial score (nSPS) is 13.7. The van der Waals surface area contributed by atoms with Crippen molar-refractivity contribution in [1.29, 1.82) is 0 Å². The van der Waals surface area contributed by atoms with Gasteiger partial charge in [0.05, 0.1) is 6.54 Å². The minimum absolute atomic E-state index is 0. The van der Waals surface area contributed by atoms with Crippen LogP contribution >= 0.6 is 17.0 Å². The average Bonchev–Trinajstić information content (AvgIpc) is 2.67. The molecule has 1 aromatic rings. The first kappa shape index (κ1) is 27.8. The van der Waals surface area contributed by atoms with Crippen molar-refractivity contribution in [2.75, 3.05) is 19.7 Å². The van der Waals surface area contributed by atoms with E-state index in [1.807, 2.05) is 41.5 Å². The summed E-state index contributed by atoms with van der Waals surface area (Å²) in [5, 5.41) is 32.6. The van der Waals surface area contributed by atoms with Gasteiger partial charge in [-0.25, -0.2) is 0 Å². The predicted octanol–water partition coefficient (Wildman–Crippen LogP) is 4.83. The molecule has 4 N–H and O–H groups in total. The van der Waals surface area contributed by atoms with Gasteiger partial charge in [-0.1, -0.05) is 41.5 Å². The van der Waals surface area contributed by atoms with E-state index in [2.05, 4.69) is 5.32 Å². The smallest absolute Gasteiger partial charge is 0.191 e. The second kappa shape index (κ2) is 11.1. The van der Waals surface area contributed by atoms with Gasteiger partial charge < -0.3 is 25.5 Å². The Hall–Kier alpha value is -2.25. The molecule has 0 radical (unpaired) electrons. The van der Waals surface area contributed by atoms with Crippen molar-refractivity contribution in [3.63, 3.8) is 0 Å². The maximum Gasteiger partial charge on any atom is 0.191 e. The Morgan fingerprint density at radius 1 is 1.00 bits per heavy atom. The quantitative estimate of drug-likeness (QED) is 0.239. The molecule has 0 saturated heterocycles. The number of Topliss-reactive ketones (excluding diaryl/α,β-unsaturated/α-hetero) is 1. The van der Waals surface area contributed by atoms with E-state index in [1.165, 1.54) is 0 Å². The monoisotopic (exact) mass is 508 g/mol. The van der Waals surface area contributed by atoms with Gasteiger partial charge in [-0.05, 0) is 41.5 Å². The second-order valence-corrected chi connectivity index (χ2v) is 9.95. The number of phenols is 1. The Labute approximate surface area is 202 Å². The summed E-state index contributed by atoms with van der Waals surface area (Å²) in [5.74, 6) is 0.242. The van der Waals surface area contributed by atoms with Crippen LogP contribution in [-0.4, -0.2) is 45.7 Å². The molecule has 0 aromatic heterocycles. The third kappa shape index (κ3) is 7.14. The number of nitrogens with zero attached hydrogens (tertiary/aromatic N) is 1. The van der Waals surface area contributed by atoms with E-state index in [0.717, 1.165) is 11.1 Å². The van der Waals surface area contributed by atoms with Gasteiger partial charge in [0.15, 0.2) is 11.7 Å². The Kier molecular flexibility index (Phi) is 9.60. The van der Waals surface area contributed by atoms with Gasteiger partial charge in [0, 0.05) is 47.8 Å². The fourth-order valence-electron chi connectivity index (χ4n) is 3.30. The number of hydrogen-bond donors (Lipinski definition) is 4. The highest BCUT2D eigenvalue weighted by atomic mass is 79.9. The van der Waals surface area contributed by atoms with Gasteiger partial charge in [-0.15, -0.1) is 17.0 Å². The first-order valence-electron chi connectivity index (χ1n) is 10.7. The van der Waals surface area contributed by atoms with Crippen LogP contribution in [0.15, 0.2) is 48.1 Å². The van der Waals surface area contributed by atoms with Crippen molar-refractivity contribution in [1.82, 2.24) is 10.2 Å². The number of aromatic hydroxyl groups is 1. The maximum atomic E-state index is 13.1. The molecule has 6 nitrogen and oxygen atoms in total. The highest BCUT2D eigenvalue weighted by molar-refractivity contribution is 8.93. The average molecular weight is 509 g/mol. The van der Waals surface area contributed by atoms with Crippen molar-refractivity contribution in [2.24, 2.45) is 0 Å². The molecule has 0 unspecified atom stereocenters. The minimum atomic E-state index is -0.300. The van der Waals surface area contributed by atoms with E-state index < -0.39 is 0 Å². The van der Waals surface area contributed by atoms with Crippen LogP contribution in [0, 0.1) is 0 Å². The highest BCUT2D eigenvalue weighted by Crippen LogP contribution is 2.39. The number of rotatable bonds is 7. The predicted molar refractivity (Wildman–Crippen MR) is 135 cm³/mol. The summed E-state index contributed by atoms with van der Waals surface area (Å²) in [7, 11) is 0. The van der Waals surface area contributed by atoms with E-state index >= 15 is 0 Å². The fraction of sp³-hybridized carbons (Fsp3) is 0.480. The number of allylic oxidation sites excluding steroid dienone is 3. The molecule has 7 heteroatoms. The Bertz CT molecular complexity index is 854. The summed E-state index contributed by atoms with van der Waals surface area (Å²) in [6.45, 7) is 12.8. The van der Waals surface area contributed by atoms with Crippen LogP contribution in [0.25, 0.3) is 0 Å². The summed E-state index contributed by atoms with van der Waals surface area (Å²) < 4.78 is 0. The molecule has 0 bridgehead atoms. The van der Waals surface area contributed by atoms with Gasteiger partial charge in [0.25, 0.3) is 0 Å². The zero-order chi connectivity index (χ0) is 23.4. The van der Waals surface area contributed by atoms with Crippen LogP contribution in [0.1, 0.15) is 69.4 Å². The first-order valence-corrected chi connectivity index (χ1v) is 10.7. The first-order chi connectivity index (χ1) is 14.3. The Morgan fingerprint density at radius 3 is 1.94 bits per heavy atom. The maximum absolute atomic E-state index is 13.1. The largest absolute Gasteiger partial charge is 0.507 e. The van der Waals surface area contributed by atoms with Crippen LogP contribution in [-0.2, 0) is 10.8 Å². The third-order valence-electron chi connectivity index (χ3n) is 5.17. The number of halogens is 1. The van der Waals surface area contributed by atoms with Gasteiger partial charge in [-0.3, -0.25) is 4.79 Å². The molecule has 32 heavy (non-hydrogen) atoms. The Morgan fingerprint density at radius 2 is 1.50 bits per heavy atom. The number of carbonyl (C=O) groups is 1. The van der Waals surface area contributed by atoms with Crippen LogP contribution in [0.5, 0.6) is 5.75 Å². The van der Waals surface area contributed by atoms with Crippen molar-refractivity contribution in [2.45, 2.75) is 58.8 Å². The number of aliphatic hydroxyl groups excluding tert-OH is 2. The van der Waals surface area contributed by atoms with Gasteiger partial charge in [0.2, 0.25) is 0 Å². The van der Waals surface area contributed by atoms with Crippen LogP contribution in [0.2, 0.25) is 0 Å². The van der Waals surface area contributed by atoms with Crippen LogP contribution < -0.4 is 5.32 Å². The number of hydrogen-bond acceptors (Lipinski definition) is 6. The zero-order valence-electron chi connectivity index (χ0n) is 19.9. The van der Waals surface area contributed by atoms with Crippen molar-refractivity contribution >= 4 is 22.8 Å². The molecule has 0 fully saturated rings. The lowest BCUT2D eigenvalue weighted by atomic mass is 9.78. The molecule has 2 rings (SSSR count). The number of phenolic OH excluding ortho intramolecular Hbond substituents is 1. The molecule has 0 saturated carbocycles. The number of ketones is 1. The van der Waals surface area contributed by atoms with E-state index in [9.17, 15) is 15.0 Å². The molecule has 1 aliphatic heterocycles. The summed E-state index contributed by atoms with van der Waals surface area (Å²) in [6.07, 6.45) is 7.49. The molecule has 0 atom stereocenters. The third-order valence-corrected chi connectivity index (χ3v) is 5.17. The molecule has 0 aliphatic carbocycles. The molecule has 1 heterocycles. The molecule has 1 aliphatic rings. The molecular weight excluding hydrogens is 472 g/mol.